The smallest absolute Gasteiger partial charge is 0.192 e. The van der Waals surface area contributed by atoms with Gasteiger partial charge in [0.25, 0.3) is 0 Å². The lowest BCUT2D eigenvalue weighted by Crippen LogP contribution is -2.19. The van der Waals surface area contributed by atoms with Crippen LogP contribution in [0.25, 0.3) is 22.3 Å². The zero-order valence-electron chi connectivity index (χ0n) is 17.6. The first-order valence-electron chi connectivity index (χ1n) is 10.7. The molecule has 0 bridgehead atoms. The van der Waals surface area contributed by atoms with Crippen molar-refractivity contribution in [2.24, 2.45) is 0 Å². The molecular formula is C24H23FN4O2S. The molecule has 6 nitrogen and oxygen atoms in total. The number of para-hydroxylation sites is 1. The zero-order chi connectivity index (χ0) is 22.1. The van der Waals surface area contributed by atoms with Gasteiger partial charge >= 0.3 is 0 Å². The first-order chi connectivity index (χ1) is 15.6. The van der Waals surface area contributed by atoms with E-state index in [1.54, 1.807) is 0 Å². The summed E-state index contributed by atoms with van der Waals surface area (Å²) in [4.78, 5) is 16.2. The number of aromatic nitrogens is 4. The first kappa shape index (κ1) is 20.9. The van der Waals surface area contributed by atoms with Crippen LogP contribution < -0.4 is 0 Å². The van der Waals surface area contributed by atoms with Gasteiger partial charge in [-0.05, 0) is 50.1 Å². The standard InChI is InChI=1S/C24H23FN4O2S/c1-15(22(30)16-8-10-17(25)11-9-16)32-24-28-27-23(29(24)14-18-5-4-12-31-18)20-13-26-21-7-3-2-6-19(20)21/h2-3,6-11,13,15,18,26H,4-5,12,14H2,1H3. The number of thioether (sulfide) groups is 1. The van der Waals surface area contributed by atoms with E-state index in [1.165, 1.54) is 36.0 Å². The average molecular weight is 451 g/mol. The number of rotatable bonds is 7. The van der Waals surface area contributed by atoms with Crippen LogP contribution in [0.15, 0.2) is 59.9 Å². The number of nitrogens with one attached hydrogen (secondary N) is 1. The molecule has 1 N–H and O–H groups in total. The number of Topliss-reactive ketones (excluding diaryl/α,β-unsaturated/α-hetero) is 1. The third-order valence-electron chi connectivity index (χ3n) is 5.74. The summed E-state index contributed by atoms with van der Waals surface area (Å²) in [5.74, 6) is 0.318. The van der Waals surface area contributed by atoms with Gasteiger partial charge in [0.2, 0.25) is 0 Å². The van der Waals surface area contributed by atoms with Gasteiger partial charge in [-0.25, -0.2) is 4.39 Å². The number of ketones is 1. The Bertz CT molecular complexity index is 1240. The van der Waals surface area contributed by atoms with Crippen molar-refractivity contribution >= 4 is 28.4 Å². The molecule has 2 aromatic carbocycles. The Hall–Kier alpha value is -2.97. The largest absolute Gasteiger partial charge is 0.376 e. The summed E-state index contributed by atoms with van der Waals surface area (Å²) in [6.07, 6.45) is 4.07. The van der Waals surface area contributed by atoms with E-state index < -0.39 is 5.25 Å². The van der Waals surface area contributed by atoms with Crippen LogP contribution in [0.1, 0.15) is 30.1 Å². The number of halogens is 1. The summed E-state index contributed by atoms with van der Waals surface area (Å²) in [5, 5.41) is 10.3. The molecule has 4 aromatic rings. The quantitative estimate of drug-likeness (QED) is 0.313. The van der Waals surface area contributed by atoms with Crippen molar-refractivity contribution in [2.45, 2.75) is 42.8 Å². The van der Waals surface area contributed by atoms with E-state index in [9.17, 15) is 9.18 Å². The first-order valence-corrected chi connectivity index (χ1v) is 11.6. The highest BCUT2D eigenvalue weighted by molar-refractivity contribution is 8.00. The second-order valence-corrected chi connectivity index (χ2v) is 9.24. The molecule has 164 valence electrons. The lowest BCUT2D eigenvalue weighted by molar-refractivity contribution is 0.0953. The van der Waals surface area contributed by atoms with Crippen molar-refractivity contribution in [3.8, 4) is 11.4 Å². The van der Waals surface area contributed by atoms with E-state index >= 15 is 0 Å². The molecule has 2 aromatic heterocycles. The van der Waals surface area contributed by atoms with E-state index in [1.807, 2.05) is 31.3 Å². The average Bonchev–Trinajstić information content (AvgIpc) is 3.55. The third-order valence-corrected chi connectivity index (χ3v) is 6.82. The molecule has 32 heavy (non-hydrogen) atoms. The van der Waals surface area contributed by atoms with Gasteiger partial charge in [-0.1, -0.05) is 30.0 Å². The third kappa shape index (κ3) is 4.08. The van der Waals surface area contributed by atoms with Crippen LogP contribution in [-0.2, 0) is 11.3 Å². The molecule has 8 heteroatoms. The molecule has 0 spiro atoms. The van der Waals surface area contributed by atoms with Crippen molar-refractivity contribution in [2.75, 3.05) is 6.61 Å². The highest BCUT2D eigenvalue weighted by Crippen LogP contribution is 2.33. The number of carbonyl (C=O) groups excluding carboxylic acids is 1. The van der Waals surface area contributed by atoms with Gasteiger partial charge in [-0.3, -0.25) is 9.36 Å². The Kier molecular flexibility index (Phi) is 5.80. The van der Waals surface area contributed by atoms with Gasteiger partial charge in [0.05, 0.1) is 17.9 Å². The minimum atomic E-state index is -0.399. The van der Waals surface area contributed by atoms with Gasteiger partial charge in [0.15, 0.2) is 16.8 Å². The van der Waals surface area contributed by atoms with Crippen molar-refractivity contribution < 1.29 is 13.9 Å². The fourth-order valence-corrected chi connectivity index (χ4v) is 4.98. The summed E-state index contributed by atoms with van der Waals surface area (Å²) in [7, 11) is 0. The minimum Gasteiger partial charge on any atom is -0.376 e. The van der Waals surface area contributed by atoms with Crippen LogP contribution in [0, 0.1) is 5.82 Å². The predicted molar refractivity (Wildman–Crippen MR) is 122 cm³/mol. The Morgan fingerprint density at radius 1 is 1.25 bits per heavy atom. The normalized spacial score (nSPS) is 17.1. The molecule has 5 rings (SSSR count). The van der Waals surface area contributed by atoms with Crippen LogP contribution in [0.2, 0.25) is 0 Å². The van der Waals surface area contributed by atoms with Gasteiger partial charge in [-0.2, -0.15) is 0 Å². The van der Waals surface area contributed by atoms with Gasteiger partial charge in [-0.15, -0.1) is 10.2 Å². The van der Waals surface area contributed by atoms with Gasteiger partial charge < -0.3 is 9.72 Å². The van der Waals surface area contributed by atoms with Crippen LogP contribution in [-0.4, -0.2) is 43.5 Å². The molecule has 0 saturated carbocycles. The number of nitrogens with zero attached hydrogens (tertiary/aromatic N) is 3. The number of benzene rings is 2. The number of hydrogen-bond acceptors (Lipinski definition) is 5. The number of hydrogen-bond donors (Lipinski definition) is 1. The van der Waals surface area contributed by atoms with Crippen molar-refractivity contribution in [1.82, 2.24) is 19.7 Å². The molecule has 1 saturated heterocycles. The van der Waals surface area contributed by atoms with E-state index in [0.29, 0.717) is 17.3 Å². The summed E-state index contributed by atoms with van der Waals surface area (Å²) < 4.78 is 21.2. The maximum absolute atomic E-state index is 13.2. The fraction of sp³-hybridized carbons (Fsp3) is 0.292. The second-order valence-electron chi connectivity index (χ2n) is 7.93. The Balaban J connectivity index is 1.47. The fourth-order valence-electron chi connectivity index (χ4n) is 4.05. The van der Waals surface area contributed by atoms with Crippen LogP contribution in [0.4, 0.5) is 4.39 Å². The molecule has 1 aliphatic heterocycles. The SMILES string of the molecule is CC(Sc1nnc(-c2c[nH]c3ccccc23)n1CC1CCCO1)C(=O)c1ccc(F)cc1. The summed E-state index contributed by atoms with van der Waals surface area (Å²) in [5.41, 5.74) is 2.48. The van der Waals surface area contributed by atoms with Gasteiger partial charge in [0.1, 0.15) is 5.82 Å². The summed E-state index contributed by atoms with van der Waals surface area (Å²) in [6.45, 7) is 3.23. The highest BCUT2D eigenvalue weighted by atomic mass is 32.2. The van der Waals surface area contributed by atoms with Crippen molar-refractivity contribution in [1.29, 1.82) is 0 Å². The topological polar surface area (TPSA) is 72.8 Å². The molecule has 1 fully saturated rings. The Morgan fingerprint density at radius 2 is 2.06 bits per heavy atom. The number of ether oxygens (including phenoxy) is 1. The Morgan fingerprint density at radius 3 is 2.84 bits per heavy atom. The molecule has 2 unspecified atom stereocenters. The Labute approximate surface area is 189 Å². The van der Waals surface area contributed by atoms with Crippen LogP contribution in [0.3, 0.4) is 0 Å². The van der Waals surface area contributed by atoms with E-state index in [4.69, 9.17) is 4.74 Å². The number of carbonyl (C=O) groups is 1. The highest BCUT2D eigenvalue weighted by Gasteiger charge is 2.26. The van der Waals surface area contributed by atoms with Gasteiger partial charge in [0, 0.05) is 34.8 Å². The molecule has 3 heterocycles. The minimum absolute atomic E-state index is 0.0738. The molecule has 0 radical (unpaired) electrons. The van der Waals surface area contributed by atoms with E-state index in [-0.39, 0.29) is 17.7 Å². The predicted octanol–water partition coefficient (Wildman–Crippen LogP) is 5.11. The maximum atomic E-state index is 13.2. The summed E-state index contributed by atoms with van der Waals surface area (Å²) in [6, 6.07) is 13.7. The molecule has 1 aliphatic rings. The van der Waals surface area contributed by atoms with E-state index in [0.717, 1.165) is 41.7 Å². The van der Waals surface area contributed by atoms with E-state index in [2.05, 4.69) is 25.8 Å². The summed E-state index contributed by atoms with van der Waals surface area (Å²) >= 11 is 1.36. The maximum Gasteiger partial charge on any atom is 0.192 e. The second kappa shape index (κ2) is 8.88. The molecule has 2 atom stereocenters. The number of H-pyrrole nitrogens is 1. The monoisotopic (exact) mass is 450 g/mol. The van der Waals surface area contributed by atoms with Crippen molar-refractivity contribution in [3.05, 3.63) is 66.1 Å². The zero-order valence-corrected chi connectivity index (χ0v) is 18.4. The molecule has 0 aliphatic carbocycles. The van der Waals surface area contributed by atoms with Crippen LogP contribution in [0.5, 0.6) is 0 Å². The van der Waals surface area contributed by atoms with Crippen LogP contribution >= 0.6 is 11.8 Å². The van der Waals surface area contributed by atoms with Crippen molar-refractivity contribution in [3.63, 3.8) is 0 Å². The lowest BCUT2D eigenvalue weighted by atomic mass is 10.1. The molecular weight excluding hydrogens is 427 g/mol. The lowest BCUT2D eigenvalue weighted by Gasteiger charge is -2.16. The molecule has 0 amide bonds. The number of fused-ring (bicyclic) bond motifs is 1. The number of aromatic amines is 1.